The fourth-order valence-corrected chi connectivity index (χ4v) is 2.00. The van der Waals surface area contributed by atoms with Crippen LogP contribution >= 0.6 is 0 Å². The van der Waals surface area contributed by atoms with E-state index < -0.39 is 23.1 Å². The summed E-state index contributed by atoms with van der Waals surface area (Å²) < 4.78 is 26.3. The molecule has 0 aliphatic heterocycles. The lowest BCUT2D eigenvalue weighted by Crippen LogP contribution is -2.41. The van der Waals surface area contributed by atoms with E-state index in [4.69, 9.17) is 0 Å². The fourth-order valence-electron chi connectivity index (χ4n) is 2.00. The van der Waals surface area contributed by atoms with Crippen LogP contribution in [0.2, 0.25) is 0 Å². The Labute approximate surface area is 120 Å². The number of aryl methyl sites for hydroxylation is 1. The molecule has 1 aromatic heterocycles. The summed E-state index contributed by atoms with van der Waals surface area (Å²) in [6.45, 7) is 3.08. The minimum Gasteiger partial charge on any atom is -0.479 e. The summed E-state index contributed by atoms with van der Waals surface area (Å²) >= 11 is 0. The van der Waals surface area contributed by atoms with E-state index in [0.29, 0.717) is 11.3 Å². The molecule has 1 aromatic carbocycles. The van der Waals surface area contributed by atoms with Crippen LogP contribution in [0.25, 0.3) is 0 Å². The molecule has 0 aliphatic carbocycles. The van der Waals surface area contributed by atoms with Gasteiger partial charge in [0, 0.05) is 5.69 Å². The smallest absolute Gasteiger partial charge is 0.335 e. The molecule has 0 spiro atoms. The second-order valence-electron chi connectivity index (χ2n) is 4.93. The molecule has 21 heavy (non-hydrogen) atoms. The molecular formula is C15H14F2N2O2. The molecule has 6 heteroatoms. The van der Waals surface area contributed by atoms with Gasteiger partial charge in [-0.2, -0.15) is 0 Å². The van der Waals surface area contributed by atoms with Gasteiger partial charge in [-0.05, 0) is 49.7 Å². The highest BCUT2D eigenvalue weighted by molar-refractivity contribution is 5.83. The molecule has 0 radical (unpaired) electrons. The molecule has 1 heterocycles. The fraction of sp³-hybridized carbons (Fsp3) is 0.200. The maximum atomic E-state index is 13.4. The van der Waals surface area contributed by atoms with Crippen molar-refractivity contribution in [1.29, 1.82) is 0 Å². The van der Waals surface area contributed by atoms with Gasteiger partial charge < -0.3 is 10.4 Å². The van der Waals surface area contributed by atoms with Crippen molar-refractivity contribution < 1.29 is 18.7 Å². The maximum absolute atomic E-state index is 13.4. The van der Waals surface area contributed by atoms with Crippen LogP contribution in [0.3, 0.4) is 0 Å². The van der Waals surface area contributed by atoms with Crippen LogP contribution in [0.5, 0.6) is 0 Å². The topological polar surface area (TPSA) is 62.2 Å². The lowest BCUT2D eigenvalue weighted by atomic mass is 9.96. The first-order valence-corrected chi connectivity index (χ1v) is 6.22. The van der Waals surface area contributed by atoms with Gasteiger partial charge in [-0.25, -0.2) is 13.6 Å². The number of pyridine rings is 1. The predicted octanol–water partition coefficient (Wildman–Crippen LogP) is 3.08. The number of hydrogen-bond donors (Lipinski definition) is 2. The molecule has 110 valence electrons. The first-order chi connectivity index (χ1) is 9.81. The van der Waals surface area contributed by atoms with Crippen molar-refractivity contribution in [3.05, 3.63) is 59.4 Å². The quantitative estimate of drug-likeness (QED) is 0.909. The Balaban J connectivity index is 2.43. The van der Waals surface area contributed by atoms with Crippen LogP contribution in [-0.2, 0) is 10.3 Å². The van der Waals surface area contributed by atoms with E-state index in [1.165, 1.54) is 25.1 Å². The van der Waals surface area contributed by atoms with Gasteiger partial charge in [0.1, 0.15) is 11.6 Å². The number of rotatable bonds is 4. The van der Waals surface area contributed by atoms with Crippen LogP contribution in [0, 0.1) is 18.6 Å². The summed E-state index contributed by atoms with van der Waals surface area (Å²) in [6.07, 6.45) is 0.940. The summed E-state index contributed by atoms with van der Waals surface area (Å²) in [5.41, 5.74) is -0.521. The highest BCUT2D eigenvalue weighted by Gasteiger charge is 2.36. The normalized spacial score (nSPS) is 13.5. The number of aromatic nitrogens is 1. The molecule has 0 aliphatic rings. The average molecular weight is 292 g/mol. The van der Waals surface area contributed by atoms with Gasteiger partial charge in [0.15, 0.2) is 5.54 Å². The number of halogens is 2. The molecule has 2 N–H and O–H groups in total. The average Bonchev–Trinajstić information content (AvgIpc) is 2.37. The Kier molecular flexibility index (Phi) is 3.88. The van der Waals surface area contributed by atoms with Crippen LogP contribution in [-0.4, -0.2) is 16.1 Å². The first-order valence-electron chi connectivity index (χ1n) is 6.22. The number of aliphatic carboxylic acids is 1. The molecule has 0 saturated carbocycles. The van der Waals surface area contributed by atoms with Crippen LogP contribution in [0.4, 0.5) is 14.5 Å². The van der Waals surface area contributed by atoms with E-state index >= 15 is 0 Å². The second kappa shape index (κ2) is 5.47. The largest absolute Gasteiger partial charge is 0.479 e. The Morgan fingerprint density at radius 1 is 1.24 bits per heavy atom. The Morgan fingerprint density at radius 2 is 1.95 bits per heavy atom. The van der Waals surface area contributed by atoms with E-state index in [2.05, 4.69) is 10.3 Å². The summed E-state index contributed by atoms with van der Waals surface area (Å²) in [5.74, 6) is -2.24. The van der Waals surface area contributed by atoms with Crippen LogP contribution in [0.15, 0.2) is 36.5 Å². The molecule has 0 amide bonds. The van der Waals surface area contributed by atoms with E-state index in [9.17, 15) is 18.7 Å². The summed E-state index contributed by atoms with van der Waals surface area (Å²) in [4.78, 5) is 15.4. The molecular weight excluding hydrogens is 278 g/mol. The summed E-state index contributed by atoms with van der Waals surface area (Å²) in [6, 6.07) is 6.55. The van der Waals surface area contributed by atoms with Crippen molar-refractivity contribution >= 4 is 11.7 Å². The van der Waals surface area contributed by atoms with Crippen molar-refractivity contribution in [3.63, 3.8) is 0 Å². The second-order valence-corrected chi connectivity index (χ2v) is 4.93. The van der Waals surface area contributed by atoms with Crippen molar-refractivity contribution in [3.8, 4) is 0 Å². The van der Waals surface area contributed by atoms with Gasteiger partial charge in [0.2, 0.25) is 0 Å². The first kappa shape index (κ1) is 14.9. The number of nitrogens with zero attached hydrogens (tertiary/aromatic N) is 1. The molecule has 0 fully saturated rings. The van der Waals surface area contributed by atoms with Crippen molar-refractivity contribution in [2.75, 3.05) is 5.32 Å². The minimum absolute atomic E-state index is 0.123. The molecule has 0 bridgehead atoms. The van der Waals surface area contributed by atoms with Crippen molar-refractivity contribution in [2.45, 2.75) is 19.4 Å². The zero-order chi connectivity index (χ0) is 15.6. The number of carbonyl (C=O) groups is 1. The Bertz CT molecular complexity index is 654. The SMILES string of the molecule is Cc1cc(F)cc(NC(C)(C(=O)O)c2ccc(F)cn2)c1. The van der Waals surface area contributed by atoms with Gasteiger partial charge in [-0.1, -0.05) is 0 Å². The predicted molar refractivity (Wildman–Crippen MR) is 73.9 cm³/mol. The third-order valence-electron chi connectivity index (χ3n) is 3.10. The lowest BCUT2D eigenvalue weighted by molar-refractivity contribution is -0.142. The van der Waals surface area contributed by atoms with Gasteiger partial charge in [-0.15, -0.1) is 0 Å². The lowest BCUT2D eigenvalue weighted by Gasteiger charge is -2.27. The van der Waals surface area contributed by atoms with Crippen molar-refractivity contribution in [1.82, 2.24) is 4.98 Å². The number of nitrogens with one attached hydrogen (secondary N) is 1. The zero-order valence-electron chi connectivity index (χ0n) is 11.5. The third-order valence-corrected chi connectivity index (χ3v) is 3.10. The van der Waals surface area contributed by atoms with Gasteiger partial charge >= 0.3 is 5.97 Å². The third kappa shape index (κ3) is 3.16. The van der Waals surface area contributed by atoms with Crippen molar-refractivity contribution in [2.24, 2.45) is 0 Å². The van der Waals surface area contributed by atoms with Gasteiger partial charge in [0.05, 0.1) is 11.9 Å². The maximum Gasteiger partial charge on any atom is 0.335 e. The zero-order valence-corrected chi connectivity index (χ0v) is 11.5. The van der Waals surface area contributed by atoms with E-state index in [-0.39, 0.29) is 5.69 Å². The number of benzene rings is 1. The highest BCUT2D eigenvalue weighted by atomic mass is 19.1. The van der Waals surface area contributed by atoms with E-state index in [1.54, 1.807) is 13.0 Å². The molecule has 2 rings (SSSR count). The van der Waals surface area contributed by atoms with Gasteiger partial charge in [-0.3, -0.25) is 4.98 Å². The van der Waals surface area contributed by atoms with Crippen LogP contribution in [0.1, 0.15) is 18.2 Å². The molecule has 0 saturated heterocycles. The number of anilines is 1. The highest BCUT2D eigenvalue weighted by Crippen LogP contribution is 2.26. The van der Waals surface area contributed by atoms with E-state index in [0.717, 1.165) is 12.3 Å². The summed E-state index contributed by atoms with van der Waals surface area (Å²) in [5, 5.41) is 12.2. The number of carboxylic acids is 1. The van der Waals surface area contributed by atoms with E-state index in [1.807, 2.05) is 0 Å². The number of hydrogen-bond acceptors (Lipinski definition) is 3. The van der Waals surface area contributed by atoms with Crippen LogP contribution < -0.4 is 5.32 Å². The monoisotopic (exact) mass is 292 g/mol. The summed E-state index contributed by atoms with van der Waals surface area (Å²) in [7, 11) is 0. The Morgan fingerprint density at radius 3 is 2.48 bits per heavy atom. The minimum atomic E-state index is -1.60. The molecule has 1 atom stereocenters. The molecule has 1 unspecified atom stereocenters. The Hall–Kier alpha value is -2.50. The van der Waals surface area contributed by atoms with Gasteiger partial charge in [0.25, 0.3) is 0 Å². The number of carboxylic acid groups (broad SMARTS) is 1. The standard InChI is InChI=1S/C15H14F2N2O2/c1-9-5-11(17)7-12(6-9)19-15(2,14(20)21)13-4-3-10(16)8-18-13/h3-8,19H,1-2H3,(H,20,21). The molecule has 2 aromatic rings. The molecule has 4 nitrogen and oxygen atoms in total.